The predicted molar refractivity (Wildman–Crippen MR) is 62.4 cm³/mol. The molecule has 0 N–H and O–H groups in total. The van der Waals surface area contributed by atoms with Gasteiger partial charge in [-0.05, 0) is 19.9 Å². The Morgan fingerprint density at radius 1 is 1.35 bits per heavy atom. The van der Waals surface area contributed by atoms with Crippen LogP contribution >= 0.6 is 0 Å². The van der Waals surface area contributed by atoms with Gasteiger partial charge in [-0.3, -0.25) is 9.48 Å². The van der Waals surface area contributed by atoms with Crippen LogP contribution in [0.2, 0.25) is 0 Å². The number of aromatic nitrogens is 3. The number of hydrogen-bond acceptors (Lipinski definition) is 4. The average molecular weight is 231 g/mol. The first-order chi connectivity index (χ1) is 8.11. The molecule has 0 spiro atoms. The molecule has 0 aromatic carbocycles. The summed E-state index contributed by atoms with van der Waals surface area (Å²) in [6.45, 7) is 3.80. The Labute approximate surface area is 99.1 Å². The van der Waals surface area contributed by atoms with Crippen molar-refractivity contribution < 1.29 is 9.53 Å². The number of carbonyl (C=O) groups excluding carboxylic acids is 1. The van der Waals surface area contributed by atoms with Crippen LogP contribution in [-0.2, 0) is 7.05 Å². The second-order valence-corrected chi connectivity index (χ2v) is 3.77. The molecule has 2 aromatic heterocycles. The molecule has 0 atom stereocenters. The lowest BCUT2D eigenvalue weighted by Crippen LogP contribution is -1.94. The van der Waals surface area contributed by atoms with E-state index >= 15 is 0 Å². The topological polar surface area (TPSA) is 57.0 Å². The van der Waals surface area contributed by atoms with Crippen molar-refractivity contribution >= 4 is 6.29 Å². The van der Waals surface area contributed by atoms with E-state index in [1.165, 1.54) is 6.20 Å². The molecule has 0 saturated carbocycles. The summed E-state index contributed by atoms with van der Waals surface area (Å²) in [6.07, 6.45) is 2.22. The lowest BCUT2D eigenvalue weighted by Gasteiger charge is -2.04. The normalized spacial score (nSPS) is 10.3. The number of nitrogens with zero attached hydrogens (tertiary/aromatic N) is 3. The van der Waals surface area contributed by atoms with Crippen molar-refractivity contribution in [1.29, 1.82) is 0 Å². The highest BCUT2D eigenvalue weighted by Gasteiger charge is 2.11. The molecule has 0 amide bonds. The summed E-state index contributed by atoms with van der Waals surface area (Å²) >= 11 is 0. The van der Waals surface area contributed by atoms with Crippen molar-refractivity contribution in [3.63, 3.8) is 0 Å². The lowest BCUT2D eigenvalue weighted by atomic mass is 10.3. The third-order valence-corrected chi connectivity index (χ3v) is 2.54. The standard InChI is InChI=1S/C12H13N3O2/c1-8-12(9(2)15(3)14-8)17-11-5-4-10(7-16)6-13-11/h4-7H,1-3H3. The van der Waals surface area contributed by atoms with E-state index in [0.29, 0.717) is 17.2 Å². The quantitative estimate of drug-likeness (QED) is 0.758. The molecular weight excluding hydrogens is 218 g/mol. The van der Waals surface area contributed by atoms with Crippen molar-refractivity contribution in [2.45, 2.75) is 13.8 Å². The summed E-state index contributed by atoms with van der Waals surface area (Å²) in [4.78, 5) is 14.5. The van der Waals surface area contributed by atoms with Gasteiger partial charge in [-0.15, -0.1) is 0 Å². The molecule has 5 nitrogen and oxygen atoms in total. The largest absolute Gasteiger partial charge is 0.435 e. The van der Waals surface area contributed by atoms with Gasteiger partial charge in [-0.2, -0.15) is 5.10 Å². The lowest BCUT2D eigenvalue weighted by molar-refractivity contribution is 0.112. The van der Waals surface area contributed by atoms with E-state index < -0.39 is 0 Å². The molecule has 0 radical (unpaired) electrons. The van der Waals surface area contributed by atoms with Gasteiger partial charge in [0.25, 0.3) is 0 Å². The number of rotatable bonds is 3. The Bertz CT molecular complexity index is 544. The number of aldehydes is 1. The Kier molecular flexibility index (Phi) is 2.91. The van der Waals surface area contributed by atoms with Crippen LogP contribution in [0.5, 0.6) is 11.6 Å². The highest BCUT2D eigenvalue weighted by molar-refractivity contribution is 5.74. The first kappa shape index (κ1) is 11.3. The SMILES string of the molecule is Cc1nn(C)c(C)c1Oc1ccc(C=O)cn1. The fourth-order valence-corrected chi connectivity index (χ4v) is 1.53. The van der Waals surface area contributed by atoms with Gasteiger partial charge in [0.15, 0.2) is 12.0 Å². The average Bonchev–Trinajstić information content (AvgIpc) is 2.57. The van der Waals surface area contributed by atoms with Crippen LogP contribution < -0.4 is 4.74 Å². The first-order valence-corrected chi connectivity index (χ1v) is 5.21. The summed E-state index contributed by atoms with van der Waals surface area (Å²) in [5.74, 6) is 1.16. The van der Waals surface area contributed by atoms with Gasteiger partial charge in [-0.1, -0.05) is 0 Å². The molecule has 2 heterocycles. The van der Waals surface area contributed by atoms with Gasteiger partial charge >= 0.3 is 0 Å². The molecule has 0 saturated heterocycles. The zero-order valence-electron chi connectivity index (χ0n) is 9.97. The second-order valence-electron chi connectivity index (χ2n) is 3.77. The van der Waals surface area contributed by atoms with Crippen molar-refractivity contribution in [2.75, 3.05) is 0 Å². The molecule has 0 aliphatic rings. The van der Waals surface area contributed by atoms with Crippen LogP contribution in [0.15, 0.2) is 18.3 Å². The third kappa shape index (κ3) is 2.18. The van der Waals surface area contributed by atoms with Crippen LogP contribution in [0.4, 0.5) is 0 Å². The van der Waals surface area contributed by atoms with Gasteiger partial charge in [0.05, 0.1) is 5.69 Å². The Morgan fingerprint density at radius 3 is 2.59 bits per heavy atom. The predicted octanol–water partition coefficient (Wildman–Crippen LogP) is 2.04. The molecular formula is C12H13N3O2. The fraction of sp³-hybridized carbons (Fsp3) is 0.250. The zero-order valence-corrected chi connectivity index (χ0v) is 9.97. The number of ether oxygens (including phenoxy) is 1. The van der Waals surface area contributed by atoms with Gasteiger partial charge < -0.3 is 4.74 Å². The number of carbonyl (C=O) groups is 1. The van der Waals surface area contributed by atoms with E-state index in [-0.39, 0.29) is 0 Å². The van der Waals surface area contributed by atoms with Gasteiger partial charge in [0.2, 0.25) is 5.88 Å². The smallest absolute Gasteiger partial charge is 0.219 e. The van der Waals surface area contributed by atoms with E-state index in [4.69, 9.17) is 4.74 Å². The van der Waals surface area contributed by atoms with Crippen LogP contribution in [0, 0.1) is 13.8 Å². The highest BCUT2D eigenvalue weighted by atomic mass is 16.5. The van der Waals surface area contributed by atoms with Crippen molar-refractivity contribution in [3.05, 3.63) is 35.3 Å². The maximum atomic E-state index is 10.5. The maximum absolute atomic E-state index is 10.5. The fourth-order valence-electron chi connectivity index (χ4n) is 1.53. The minimum Gasteiger partial charge on any atom is -0.435 e. The van der Waals surface area contributed by atoms with Gasteiger partial charge in [-0.25, -0.2) is 4.98 Å². The van der Waals surface area contributed by atoms with E-state index in [0.717, 1.165) is 17.7 Å². The third-order valence-electron chi connectivity index (χ3n) is 2.54. The molecule has 0 fully saturated rings. The van der Waals surface area contributed by atoms with Crippen LogP contribution in [0.3, 0.4) is 0 Å². The van der Waals surface area contributed by atoms with E-state index in [1.54, 1.807) is 16.8 Å². The second kappa shape index (κ2) is 4.37. The molecule has 88 valence electrons. The molecule has 2 aromatic rings. The molecule has 0 bridgehead atoms. The van der Waals surface area contributed by atoms with Crippen molar-refractivity contribution in [3.8, 4) is 11.6 Å². The molecule has 0 aliphatic heterocycles. The number of hydrogen-bond donors (Lipinski definition) is 0. The number of pyridine rings is 1. The first-order valence-electron chi connectivity index (χ1n) is 5.21. The number of aryl methyl sites for hydroxylation is 2. The van der Waals surface area contributed by atoms with Crippen LogP contribution in [0.1, 0.15) is 21.7 Å². The molecule has 2 rings (SSSR count). The zero-order chi connectivity index (χ0) is 12.4. The molecule has 0 aliphatic carbocycles. The monoisotopic (exact) mass is 231 g/mol. The minimum atomic E-state index is 0.454. The Hall–Kier alpha value is -2.17. The molecule has 17 heavy (non-hydrogen) atoms. The minimum absolute atomic E-state index is 0.454. The summed E-state index contributed by atoms with van der Waals surface area (Å²) in [5, 5.41) is 4.25. The Balaban J connectivity index is 2.28. The highest BCUT2D eigenvalue weighted by Crippen LogP contribution is 2.26. The maximum Gasteiger partial charge on any atom is 0.219 e. The summed E-state index contributed by atoms with van der Waals surface area (Å²) < 4.78 is 7.40. The van der Waals surface area contributed by atoms with E-state index in [2.05, 4.69) is 10.1 Å². The van der Waals surface area contributed by atoms with E-state index in [9.17, 15) is 4.79 Å². The summed E-state index contributed by atoms with van der Waals surface area (Å²) in [5.41, 5.74) is 2.27. The van der Waals surface area contributed by atoms with Crippen molar-refractivity contribution in [1.82, 2.24) is 14.8 Å². The van der Waals surface area contributed by atoms with Gasteiger partial charge in [0.1, 0.15) is 5.69 Å². The molecule has 5 heteroatoms. The van der Waals surface area contributed by atoms with E-state index in [1.807, 2.05) is 20.9 Å². The molecule has 0 unspecified atom stereocenters. The van der Waals surface area contributed by atoms with Crippen LogP contribution in [0.25, 0.3) is 0 Å². The van der Waals surface area contributed by atoms with Crippen molar-refractivity contribution in [2.24, 2.45) is 7.05 Å². The summed E-state index contributed by atoms with van der Waals surface area (Å²) in [7, 11) is 1.86. The Morgan fingerprint density at radius 2 is 2.12 bits per heavy atom. The summed E-state index contributed by atoms with van der Waals surface area (Å²) in [6, 6.07) is 3.33. The van der Waals surface area contributed by atoms with Gasteiger partial charge in [0, 0.05) is 24.9 Å². The van der Waals surface area contributed by atoms with Crippen LogP contribution in [-0.4, -0.2) is 21.1 Å².